The highest BCUT2D eigenvalue weighted by atomic mass is 16.2. The maximum atomic E-state index is 11.5. The molecule has 0 saturated carbocycles. The van der Waals surface area contributed by atoms with Crippen molar-refractivity contribution in [2.45, 2.75) is 32.2 Å². The predicted octanol–water partition coefficient (Wildman–Crippen LogP) is -0.0310. The number of hydrogen-bond acceptors (Lipinski definition) is 3. The topological polar surface area (TPSA) is 61.4 Å². The van der Waals surface area contributed by atoms with Crippen LogP contribution in [0.25, 0.3) is 0 Å². The summed E-state index contributed by atoms with van der Waals surface area (Å²) >= 11 is 0. The van der Waals surface area contributed by atoms with E-state index in [-0.39, 0.29) is 17.9 Å². The van der Waals surface area contributed by atoms with Gasteiger partial charge in [0.05, 0.1) is 6.04 Å². The van der Waals surface area contributed by atoms with Crippen molar-refractivity contribution in [2.75, 3.05) is 27.7 Å². The average Bonchev–Trinajstić information content (AvgIpc) is 2.21. The van der Waals surface area contributed by atoms with Crippen molar-refractivity contribution >= 4 is 11.8 Å². The fourth-order valence-corrected chi connectivity index (χ4v) is 1.52. The first kappa shape index (κ1) is 14.9. The van der Waals surface area contributed by atoms with Crippen LogP contribution in [0.1, 0.15) is 26.2 Å². The van der Waals surface area contributed by atoms with E-state index in [4.69, 9.17) is 0 Å². The van der Waals surface area contributed by atoms with E-state index in [1.807, 2.05) is 19.0 Å². The predicted molar refractivity (Wildman–Crippen MR) is 64.1 cm³/mol. The molecule has 0 fully saturated rings. The van der Waals surface area contributed by atoms with Crippen LogP contribution in [0.5, 0.6) is 0 Å². The molecule has 0 aliphatic carbocycles. The van der Waals surface area contributed by atoms with Gasteiger partial charge in [0.15, 0.2) is 0 Å². The molecule has 0 heterocycles. The van der Waals surface area contributed by atoms with Gasteiger partial charge in [0.25, 0.3) is 0 Å². The van der Waals surface area contributed by atoms with E-state index in [0.29, 0.717) is 6.54 Å². The average molecular weight is 231 g/mol. The number of nitrogens with one attached hydrogen (secondary N) is 2. The zero-order valence-corrected chi connectivity index (χ0v) is 10.7. The fourth-order valence-electron chi connectivity index (χ4n) is 1.52. The van der Waals surface area contributed by atoms with Crippen LogP contribution in [0.2, 0.25) is 0 Å². The second kappa shape index (κ2) is 8.10. The van der Waals surface area contributed by atoms with Crippen molar-refractivity contribution < 1.29 is 9.59 Å². The highest BCUT2D eigenvalue weighted by molar-refractivity contribution is 5.81. The minimum absolute atomic E-state index is 0.00420. The molecule has 5 heteroatoms. The molecule has 0 rings (SSSR count). The molecular formula is C11H23N3O2. The van der Waals surface area contributed by atoms with Gasteiger partial charge in [0.2, 0.25) is 11.8 Å². The lowest BCUT2D eigenvalue weighted by Gasteiger charge is -2.22. The third-order valence-corrected chi connectivity index (χ3v) is 2.45. The first-order valence-corrected chi connectivity index (χ1v) is 5.61. The van der Waals surface area contributed by atoms with Crippen molar-refractivity contribution in [2.24, 2.45) is 0 Å². The number of rotatable bonds is 7. The summed E-state index contributed by atoms with van der Waals surface area (Å²) in [6.07, 6.45) is 2.64. The third kappa shape index (κ3) is 6.40. The molecule has 0 aliphatic rings. The minimum atomic E-state index is -0.0812. The molecule has 0 saturated heterocycles. The van der Waals surface area contributed by atoms with E-state index in [1.165, 1.54) is 6.92 Å². The molecule has 0 aromatic carbocycles. The molecule has 0 spiro atoms. The molecule has 16 heavy (non-hydrogen) atoms. The van der Waals surface area contributed by atoms with Crippen LogP contribution in [-0.4, -0.2) is 50.4 Å². The van der Waals surface area contributed by atoms with E-state index in [2.05, 4.69) is 10.6 Å². The number of carbonyl (C=O) groups excluding carboxylic acids is 2. The Hall–Kier alpha value is -1.10. The summed E-state index contributed by atoms with van der Waals surface area (Å²) in [6, 6.07) is -0.0812. The minimum Gasteiger partial charge on any atom is -0.358 e. The highest BCUT2D eigenvalue weighted by Crippen LogP contribution is 2.05. The maximum absolute atomic E-state index is 11.5. The Bertz CT molecular complexity index is 229. The van der Waals surface area contributed by atoms with Gasteiger partial charge in [0, 0.05) is 20.5 Å². The molecule has 0 aromatic heterocycles. The molecule has 1 atom stereocenters. The first-order chi connectivity index (χ1) is 7.49. The highest BCUT2D eigenvalue weighted by Gasteiger charge is 2.18. The van der Waals surface area contributed by atoms with Gasteiger partial charge in [-0.15, -0.1) is 0 Å². The SMILES string of the molecule is CC(=O)NCCCCC(C(=O)[15NH][13CH3])N(C)C. The summed E-state index contributed by atoms with van der Waals surface area (Å²) in [5.74, 6) is 0.0417. The summed E-state index contributed by atoms with van der Waals surface area (Å²) in [6.45, 7) is 2.19. The van der Waals surface area contributed by atoms with E-state index in [9.17, 15) is 9.59 Å². The fraction of sp³-hybridized carbons (Fsp3) is 0.818. The molecule has 94 valence electrons. The van der Waals surface area contributed by atoms with Gasteiger partial charge in [-0.3, -0.25) is 14.5 Å². The molecule has 1 unspecified atom stereocenters. The maximum Gasteiger partial charge on any atom is 0.237 e. The Balaban J connectivity index is 3.77. The molecule has 0 radical (unpaired) electrons. The van der Waals surface area contributed by atoms with Crippen LogP contribution in [-0.2, 0) is 9.59 Å². The monoisotopic (exact) mass is 231 g/mol. The van der Waals surface area contributed by atoms with Gasteiger partial charge in [-0.1, -0.05) is 0 Å². The molecular weight excluding hydrogens is 208 g/mol. The van der Waals surface area contributed by atoms with Crippen molar-refractivity contribution in [3.63, 3.8) is 0 Å². The van der Waals surface area contributed by atoms with Crippen LogP contribution < -0.4 is 10.6 Å². The van der Waals surface area contributed by atoms with Crippen LogP contribution in [0.4, 0.5) is 0 Å². The largest absolute Gasteiger partial charge is 0.358 e. The van der Waals surface area contributed by atoms with Crippen LogP contribution in [0.3, 0.4) is 0 Å². The lowest BCUT2D eigenvalue weighted by Crippen LogP contribution is -2.42. The Morgan fingerprint density at radius 2 is 1.88 bits per heavy atom. The van der Waals surface area contributed by atoms with Crippen molar-refractivity contribution in [3.8, 4) is 0 Å². The number of nitrogens with zero attached hydrogens (tertiary/aromatic N) is 1. The Morgan fingerprint density at radius 1 is 1.25 bits per heavy atom. The third-order valence-electron chi connectivity index (χ3n) is 2.45. The van der Waals surface area contributed by atoms with E-state index >= 15 is 0 Å². The zero-order valence-electron chi connectivity index (χ0n) is 10.7. The number of carbonyl (C=O) groups is 2. The molecule has 0 bridgehead atoms. The number of unbranched alkanes of at least 4 members (excludes halogenated alkanes) is 1. The summed E-state index contributed by atoms with van der Waals surface area (Å²) in [4.78, 5) is 24.0. The second-order valence-electron chi connectivity index (χ2n) is 4.07. The van der Waals surface area contributed by atoms with Crippen LogP contribution in [0, 0.1) is 0 Å². The molecule has 5 nitrogen and oxygen atoms in total. The Kier molecular flexibility index (Phi) is 7.54. The molecule has 2 N–H and O–H groups in total. The summed E-state index contributed by atoms with van der Waals surface area (Å²) in [5, 5.41) is 5.39. The molecule has 2 amide bonds. The smallest absolute Gasteiger partial charge is 0.237 e. The summed E-state index contributed by atoms with van der Waals surface area (Å²) < 4.78 is 0. The van der Waals surface area contributed by atoms with E-state index < -0.39 is 0 Å². The van der Waals surface area contributed by atoms with E-state index in [1.54, 1.807) is 7.05 Å². The van der Waals surface area contributed by atoms with Gasteiger partial charge in [0.1, 0.15) is 0 Å². The second-order valence-corrected chi connectivity index (χ2v) is 4.07. The number of likely N-dealkylation sites (N-methyl/N-ethyl adjacent to an activating group) is 2. The van der Waals surface area contributed by atoms with Gasteiger partial charge >= 0.3 is 0 Å². The van der Waals surface area contributed by atoms with Crippen molar-refractivity contribution in [1.29, 1.82) is 0 Å². The lowest BCUT2D eigenvalue weighted by atomic mass is 10.1. The number of amides is 2. The normalized spacial score (nSPS) is 12.3. The molecule has 0 aromatic rings. The van der Waals surface area contributed by atoms with E-state index in [0.717, 1.165) is 19.3 Å². The quantitative estimate of drug-likeness (QED) is 0.367. The molecule has 0 aliphatic heterocycles. The van der Waals surface area contributed by atoms with Gasteiger partial charge < -0.3 is 10.6 Å². The number of hydrogen-bond donors (Lipinski definition) is 2. The van der Waals surface area contributed by atoms with Gasteiger partial charge in [-0.05, 0) is 33.4 Å². The summed E-state index contributed by atoms with van der Waals surface area (Å²) in [5.41, 5.74) is 0. The van der Waals surface area contributed by atoms with Gasteiger partial charge in [-0.25, -0.2) is 0 Å². The summed E-state index contributed by atoms with van der Waals surface area (Å²) in [7, 11) is 5.44. The van der Waals surface area contributed by atoms with Crippen LogP contribution in [0.15, 0.2) is 0 Å². The first-order valence-electron chi connectivity index (χ1n) is 5.61. The van der Waals surface area contributed by atoms with Crippen LogP contribution >= 0.6 is 0 Å². The zero-order chi connectivity index (χ0) is 12.6. The van der Waals surface area contributed by atoms with Crippen molar-refractivity contribution in [3.05, 3.63) is 0 Å². The Labute approximate surface area is 97.6 Å². The standard InChI is InChI=1S/C11H23N3O2/c1-9(15)13-8-6-5-7-10(14(3)4)11(16)12-2/h10H,5-8H2,1-4H3,(H,12,16)(H,13,15)/i2+1,12+1. The van der Waals surface area contributed by atoms with Crippen molar-refractivity contribution in [1.82, 2.24) is 15.5 Å². The Morgan fingerprint density at radius 3 is 2.31 bits per heavy atom. The van der Waals surface area contributed by atoms with Gasteiger partial charge in [-0.2, -0.15) is 0 Å². The lowest BCUT2D eigenvalue weighted by molar-refractivity contribution is -0.125.